The second kappa shape index (κ2) is 7.63. The summed E-state index contributed by atoms with van der Waals surface area (Å²) in [7, 11) is 2.06. The minimum atomic E-state index is -4.53. The average Bonchev–Trinajstić information content (AvgIpc) is 3.11. The first-order valence-corrected chi connectivity index (χ1v) is 8.49. The van der Waals surface area contributed by atoms with E-state index >= 15 is 0 Å². The van der Waals surface area contributed by atoms with Gasteiger partial charge in [0.05, 0.1) is 6.26 Å². The van der Waals surface area contributed by atoms with Crippen molar-refractivity contribution in [3.8, 4) is 11.5 Å². The Hall–Kier alpha value is -2.13. The van der Waals surface area contributed by atoms with Gasteiger partial charge in [0.15, 0.2) is 11.6 Å². The van der Waals surface area contributed by atoms with E-state index < -0.39 is 11.7 Å². The number of likely N-dealkylation sites (N-methyl/N-ethyl adjacent to an activating group) is 1. The normalized spacial score (nSPS) is 18.0. The van der Waals surface area contributed by atoms with E-state index in [0.29, 0.717) is 6.54 Å². The fourth-order valence-electron chi connectivity index (χ4n) is 2.96. The Morgan fingerprint density at radius 3 is 2.58 bits per heavy atom. The number of aromatic nitrogens is 2. The number of hydrogen-bond donors (Lipinski definition) is 1. The minimum absolute atomic E-state index is 0.0552. The average molecular weight is 369 g/mol. The third-order valence-electron chi connectivity index (χ3n) is 4.38. The van der Waals surface area contributed by atoms with Crippen LogP contribution in [0.15, 0.2) is 28.9 Å². The maximum absolute atomic E-state index is 13.5. The summed E-state index contributed by atoms with van der Waals surface area (Å²) in [5, 5.41) is 10.5. The first-order valence-electron chi connectivity index (χ1n) is 8.49. The lowest BCUT2D eigenvalue weighted by Crippen LogP contribution is -2.47. The van der Waals surface area contributed by atoms with Gasteiger partial charge in [-0.15, -0.1) is 10.2 Å². The van der Waals surface area contributed by atoms with E-state index in [1.54, 1.807) is 12.1 Å². The molecule has 2 aromatic rings. The van der Waals surface area contributed by atoms with Crippen LogP contribution >= 0.6 is 0 Å². The van der Waals surface area contributed by atoms with Crippen LogP contribution in [0.25, 0.3) is 11.5 Å². The second-order valence-corrected chi connectivity index (χ2v) is 6.62. The molecule has 1 aliphatic rings. The van der Waals surface area contributed by atoms with E-state index in [2.05, 4.69) is 32.4 Å². The van der Waals surface area contributed by atoms with Crippen molar-refractivity contribution < 1.29 is 17.6 Å². The molecule has 1 atom stereocenters. The zero-order chi connectivity index (χ0) is 18.7. The molecule has 142 valence electrons. The van der Waals surface area contributed by atoms with Crippen molar-refractivity contribution in [2.45, 2.75) is 19.1 Å². The highest BCUT2D eigenvalue weighted by Gasteiger charge is 2.36. The lowest BCUT2D eigenvalue weighted by atomic mass is 10.2. The smallest absolute Gasteiger partial charge is 0.420 e. The molecule has 3 rings (SSSR count). The van der Waals surface area contributed by atoms with Crippen molar-refractivity contribution in [1.82, 2.24) is 20.0 Å². The summed E-state index contributed by atoms with van der Waals surface area (Å²) in [6.07, 6.45) is -3.15. The van der Waals surface area contributed by atoms with Crippen molar-refractivity contribution in [3.63, 3.8) is 0 Å². The lowest BCUT2D eigenvalue weighted by Gasteiger charge is -2.34. The lowest BCUT2D eigenvalue weighted by molar-refractivity contribution is -0.137. The van der Waals surface area contributed by atoms with Crippen LogP contribution in [-0.2, 0) is 6.18 Å². The Bertz CT molecular complexity index is 712. The summed E-state index contributed by atoms with van der Waals surface area (Å²) in [6.45, 7) is 6.21. The molecule has 0 spiro atoms. The predicted octanol–water partition coefficient (Wildman–Crippen LogP) is 2.80. The zero-order valence-electron chi connectivity index (χ0n) is 14.8. The van der Waals surface area contributed by atoms with Gasteiger partial charge in [0.25, 0.3) is 0 Å². The quantitative estimate of drug-likeness (QED) is 0.875. The van der Waals surface area contributed by atoms with Crippen molar-refractivity contribution in [1.29, 1.82) is 0 Å². The van der Waals surface area contributed by atoms with Gasteiger partial charge in [-0.1, -0.05) is 0 Å². The number of halogens is 3. The molecule has 0 aromatic carbocycles. The van der Waals surface area contributed by atoms with Crippen LogP contribution in [0.5, 0.6) is 0 Å². The summed E-state index contributed by atoms with van der Waals surface area (Å²) in [5.41, 5.74) is -0.788. The third kappa shape index (κ3) is 4.53. The summed E-state index contributed by atoms with van der Waals surface area (Å²) in [6, 6.07) is 3.92. The van der Waals surface area contributed by atoms with E-state index in [0.717, 1.165) is 32.2 Å². The monoisotopic (exact) mass is 369 g/mol. The molecule has 1 fully saturated rings. The molecule has 1 unspecified atom stereocenters. The van der Waals surface area contributed by atoms with Gasteiger partial charge in [-0.3, -0.25) is 4.90 Å². The fraction of sp³-hybridized carbons (Fsp3) is 0.529. The van der Waals surface area contributed by atoms with Crippen LogP contribution in [0.4, 0.5) is 19.0 Å². The number of piperazine rings is 1. The number of rotatable bonds is 5. The van der Waals surface area contributed by atoms with Gasteiger partial charge in [0, 0.05) is 38.8 Å². The van der Waals surface area contributed by atoms with Crippen LogP contribution in [-0.4, -0.2) is 65.8 Å². The molecule has 2 aromatic heterocycles. The highest BCUT2D eigenvalue weighted by Crippen LogP contribution is 2.35. The Labute approximate surface area is 150 Å². The molecule has 1 N–H and O–H groups in total. The first-order chi connectivity index (χ1) is 12.3. The van der Waals surface area contributed by atoms with E-state index in [1.807, 2.05) is 6.92 Å². The number of alkyl halides is 3. The Morgan fingerprint density at radius 2 is 1.96 bits per heavy atom. The molecule has 0 saturated carbocycles. The molecule has 0 radical (unpaired) electrons. The molecular formula is C17H22F3N5O. The van der Waals surface area contributed by atoms with Crippen LogP contribution in [0.3, 0.4) is 0 Å². The molecule has 1 aliphatic heterocycles. The van der Waals surface area contributed by atoms with Gasteiger partial charge in [-0.25, -0.2) is 0 Å². The molecule has 9 heteroatoms. The van der Waals surface area contributed by atoms with Gasteiger partial charge in [0.1, 0.15) is 11.3 Å². The summed E-state index contributed by atoms with van der Waals surface area (Å²) in [4.78, 5) is 4.46. The van der Waals surface area contributed by atoms with Gasteiger partial charge in [-0.2, -0.15) is 13.2 Å². The Kier molecular flexibility index (Phi) is 5.47. The Balaban J connectivity index is 1.74. The molecule has 0 amide bonds. The highest BCUT2D eigenvalue weighted by atomic mass is 19.4. The van der Waals surface area contributed by atoms with Crippen molar-refractivity contribution in [2.24, 2.45) is 0 Å². The molecule has 26 heavy (non-hydrogen) atoms. The number of nitrogens with one attached hydrogen (secondary N) is 1. The van der Waals surface area contributed by atoms with Crippen LogP contribution < -0.4 is 5.32 Å². The predicted molar refractivity (Wildman–Crippen MR) is 91.8 cm³/mol. The van der Waals surface area contributed by atoms with Gasteiger partial charge in [-0.05, 0) is 32.2 Å². The maximum atomic E-state index is 13.5. The number of anilines is 1. The van der Waals surface area contributed by atoms with E-state index in [-0.39, 0.29) is 23.3 Å². The topological polar surface area (TPSA) is 57.4 Å². The van der Waals surface area contributed by atoms with Gasteiger partial charge in [0.2, 0.25) is 0 Å². The van der Waals surface area contributed by atoms with E-state index in [1.165, 1.54) is 6.26 Å². The van der Waals surface area contributed by atoms with Crippen molar-refractivity contribution in [3.05, 3.63) is 30.0 Å². The molecule has 1 saturated heterocycles. The molecular weight excluding hydrogens is 347 g/mol. The Morgan fingerprint density at radius 1 is 1.23 bits per heavy atom. The standard InChI is InChI=1S/C17H22F3N5O/c1-12(11-25-7-5-24(2)6-8-25)21-16-13(17(18,19)20)10-14(22-23-16)15-4-3-9-26-15/h3-4,9-10,12H,5-8,11H2,1-2H3,(H,21,23). The largest absolute Gasteiger partial charge is 0.463 e. The van der Waals surface area contributed by atoms with Gasteiger partial charge < -0.3 is 14.6 Å². The molecule has 0 aliphatic carbocycles. The maximum Gasteiger partial charge on any atom is 0.420 e. The summed E-state index contributed by atoms with van der Waals surface area (Å²) < 4.78 is 45.5. The number of hydrogen-bond acceptors (Lipinski definition) is 6. The van der Waals surface area contributed by atoms with E-state index in [4.69, 9.17) is 4.42 Å². The zero-order valence-corrected chi connectivity index (χ0v) is 14.8. The SMILES string of the molecule is CC(CN1CCN(C)CC1)Nc1nnc(-c2ccco2)cc1C(F)(F)F. The number of furan rings is 1. The summed E-state index contributed by atoms with van der Waals surface area (Å²) >= 11 is 0. The molecule has 0 bridgehead atoms. The van der Waals surface area contributed by atoms with Gasteiger partial charge >= 0.3 is 6.18 Å². The highest BCUT2D eigenvalue weighted by molar-refractivity contribution is 5.57. The van der Waals surface area contributed by atoms with Crippen molar-refractivity contribution >= 4 is 5.82 Å². The van der Waals surface area contributed by atoms with Crippen molar-refractivity contribution in [2.75, 3.05) is 45.1 Å². The third-order valence-corrected chi connectivity index (χ3v) is 4.38. The van der Waals surface area contributed by atoms with E-state index in [9.17, 15) is 13.2 Å². The van der Waals surface area contributed by atoms with Crippen LogP contribution in [0.1, 0.15) is 12.5 Å². The fourth-order valence-corrected chi connectivity index (χ4v) is 2.96. The number of nitrogens with zero attached hydrogens (tertiary/aromatic N) is 4. The molecule has 3 heterocycles. The summed E-state index contributed by atoms with van der Waals surface area (Å²) in [5.74, 6) is -0.00512. The first kappa shape index (κ1) is 18.7. The molecule has 6 nitrogen and oxygen atoms in total. The van der Waals surface area contributed by atoms with Crippen LogP contribution in [0, 0.1) is 0 Å². The minimum Gasteiger partial charge on any atom is -0.463 e. The van der Waals surface area contributed by atoms with Crippen LogP contribution in [0.2, 0.25) is 0 Å². The second-order valence-electron chi connectivity index (χ2n) is 6.62.